The molecule has 0 aromatic heterocycles. The third kappa shape index (κ3) is 6.03. The molecule has 2 aromatic carbocycles. The Kier molecular flexibility index (Phi) is 7.99. The molecule has 0 aliphatic rings. The third-order valence-corrected chi connectivity index (χ3v) is 4.38. The second-order valence-corrected chi connectivity index (χ2v) is 7.10. The average Bonchev–Trinajstić information content (AvgIpc) is 2.55. The van der Waals surface area contributed by atoms with Gasteiger partial charge >= 0.3 is 6.03 Å². The van der Waals surface area contributed by atoms with E-state index in [4.69, 9.17) is 28.3 Å². The number of carbonyl (C=O) groups is 1. The van der Waals surface area contributed by atoms with E-state index in [2.05, 4.69) is 31.9 Å². The van der Waals surface area contributed by atoms with Gasteiger partial charge in [0, 0.05) is 44.7 Å². The van der Waals surface area contributed by atoms with E-state index in [9.17, 15) is 9.90 Å². The monoisotopic (exact) mass is 461 g/mol. The lowest BCUT2D eigenvalue weighted by molar-refractivity contribution is 0.262. The Morgan fingerprint density at radius 2 is 1.73 bits per heavy atom. The van der Waals surface area contributed by atoms with Crippen molar-refractivity contribution in [3.63, 3.8) is 0 Å². The summed E-state index contributed by atoms with van der Waals surface area (Å²) in [6.07, 6.45) is 0.289. The number of halogens is 3. The van der Waals surface area contributed by atoms with Crippen molar-refractivity contribution in [2.75, 3.05) is 35.7 Å². The topological polar surface area (TPSA) is 93.6 Å². The SMILES string of the molecule is O=C(Nc1cc(Br)cc(NCCO)c1)Nc1cc(Cl)cc(Cl)c1CCO. The molecule has 0 unspecified atom stereocenters. The Labute approximate surface area is 169 Å². The van der Waals surface area contributed by atoms with Crippen LogP contribution in [-0.4, -0.2) is 36.0 Å². The molecule has 9 heteroatoms. The zero-order valence-electron chi connectivity index (χ0n) is 13.7. The molecule has 0 radical (unpaired) electrons. The standard InChI is InChI=1S/C17H18BrCl2N3O3/c18-10-5-12(21-2-4-25)9-13(6-10)22-17(26)23-16-8-11(19)7-15(20)14(16)1-3-24/h5-9,21,24-25H,1-4H2,(H2,22,23,26). The quantitative estimate of drug-likeness (QED) is 0.423. The normalized spacial score (nSPS) is 10.5. The first kappa shape index (κ1) is 20.8. The van der Waals surface area contributed by atoms with Crippen molar-refractivity contribution in [3.05, 3.63) is 50.4 Å². The highest BCUT2D eigenvalue weighted by atomic mass is 79.9. The van der Waals surface area contributed by atoms with Gasteiger partial charge in [-0.3, -0.25) is 0 Å². The number of hydrogen-bond acceptors (Lipinski definition) is 4. The van der Waals surface area contributed by atoms with Gasteiger partial charge in [-0.15, -0.1) is 0 Å². The Bertz CT molecular complexity index is 790. The molecule has 0 saturated heterocycles. The van der Waals surface area contributed by atoms with Crippen LogP contribution in [-0.2, 0) is 6.42 Å². The predicted octanol–water partition coefficient (Wildman–Crippen LogP) is 4.34. The van der Waals surface area contributed by atoms with Crippen LogP contribution in [0.15, 0.2) is 34.8 Å². The van der Waals surface area contributed by atoms with Crippen molar-refractivity contribution in [1.82, 2.24) is 0 Å². The van der Waals surface area contributed by atoms with Crippen molar-refractivity contribution < 1.29 is 15.0 Å². The molecule has 0 atom stereocenters. The van der Waals surface area contributed by atoms with Crippen LogP contribution in [0.5, 0.6) is 0 Å². The van der Waals surface area contributed by atoms with Gasteiger partial charge in [-0.1, -0.05) is 39.1 Å². The second-order valence-electron chi connectivity index (χ2n) is 5.35. The maximum Gasteiger partial charge on any atom is 0.323 e. The van der Waals surface area contributed by atoms with Crippen LogP contribution >= 0.6 is 39.1 Å². The Balaban J connectivity index is 2.15. The molecule has 5 N–H and O–H groups in total. The largest absolute Gasteiger partial charge is 0.396 e. The molecule has 6 nitrogen and oxygen atoms in total. The molecule has 0 spiro atoms. The smallest absolute Gasteiger partial charge is 0.323 e. The summed E-state index contributed by atoms with van der Waals surface area (Å²) in [5.41, 5.74) is 2.33. The minimum absolute atomic E-state index is 0.00107. The first-order valence-electron chi connectivity index (χ1n) is 7.75. The molecule has 0 saturated carbocycles. The predicted molar refractivity (Wildman–Crippen MR) is 110 cm³/mol. The van der Waals surface area contributed by atoms with E-state index in [-0.39, 0.29) is 19.6 Å². The van der Waals surface area contributed by atoms with Crippen molar-refractivity contribution in [2.45, 2.75) is 6.42 Å². The third-order valence-electron chi connectivity index (χ3n) is 3.37. The fourth-order valence-electron chi connectivity index (χ4n) is 2.33. The molecule has 2 rings (SSSR count). The van der Waals surface area contributed by atoms with Gasteiger partial charge in [0.15, 0.2) is 0 Å². The number of urea groups is 1. The molecule has 140 valence electrons. The summed E-state index contributed by atoms with van der Waals surface area (Å²) >= 11 is 15.5. The molecule has 26 heavy (non-hydrogen) atoms. The number of aliphatic hydroxyl groups is 2. The summed E-state index contributed by atoms with van der Waals surface area (Å²) < 4.78 is 0.766. The van der Waals surface area contributed by atoms with Crippen LogP contribution in [0.25, 0.3) is 0 Å². The highest BCUT2D eigenvalue weighted by molar-refractivity contribution is 9.10. The van der Waals surface area contributed by atoms with Crippen LogP contribution < -0.4 is 16.0 Å². The molecule has 2 aromatic rings. The molecular formula is C17H18BrCl2N3O3. The Hall–Kier alpha value is -1.51. The lowest BCUT2D eigenvalue weighted by Gasteiger charge is -2.14. The number of anilines is 3. The number of carbonyl (C=O) groups excluding carboxylic acids is 1. The Morgan fingerprint density at radius 1 is 1.00 bits per heavy atom. The molecule has 0 fully saturated rings. The zero-order chi connectivity index (χ0) is 19.1. The number of rotatable bonds is 7. The number of nitrogens with one attached hydrogen (secondary N) is 3. The van der Waals surface area contributed by atoms with Gasteiger partial charge in [0.05, 0.1) is 6.61 Å². The molecule has 0 aliphatic heterocycles. The summed E-state index contributed by atoms with van der Waals surface area (Å²) in [6, 6.07) is 7.96. The summed E-state index contributed by atoms with van der Waals surface area (Å²) in [7, 11) is 0. The summed E-state index contributed by atoms with van der Waals surface area (Å²) in [6.45, 7) is 0.287. The van der Waals surface area contributed by atoms with E-state index < -0.39 is 6.03 Å². The summed E-state index contributed by atoms with van der Waals surface area (Å²) in [5, 5.41) is 27.3. The van der Waals surface area contributed by atoms with Crippen molar-refractivity contribution >= 4 is 62.2 Å². The highest BCUT2D eigenvalue weighted by Gasteiger charge is 2.12. The first-order chi connectivity index (χ1) is 12.4. The fourth-order valence-corrected chi connectivity index (χ4v) is 3.41. The van der Waals surface area contributed by atoms with Crippen molar-refractivity contribution in [3.8, 4) is 0 Å². The summed E-state index contributed by atoms with van der Waals surface area (Å²) in [4.78, 5) is 12.4. The zero-order valence-corrected chi connectivity index (χ0v) is 16.7. The highest BCUT2D eigenvalue weighted by Crippen LogP contribution is 2.30. The number of amides is 2. The molecule has 0 heterocycles. The van der Waals surface area contributed by atoms with Gasteiger partial charge in [0.25, 0.3) is 0 Å². The average molecular weight is 463 g/mol. The van der Waals surface area contributed by atoms with Crippen LogP contribution in [0.4, 0.5) is 21.9 Å². The second kappa shape index (κ2) is 9.99. The molecule has 2 amide bonds. The summed E-state index contributed by atoms with van der Waals surface area (Å²) in [5.74, 6) is 0. The first-order valence-corrected chi connectivity index (χ1v) is 9.30. The van der Waals surface area contributed by atoms with Gasteiger partial charge < -0.3 is 26.2 Å². The minimum atomic E-state index is -0.478. The van der Waals surface area contributed by atoms with Crippen LogP contribution in [0.3, 0.4) is 0 Å². The molecular weight excluding hydrogens is 445 g/mol. The van der Waals surface area contributed by atoms with Crippen molar-refractivity contribution in [2.24, 2.45) is 0 Å². The van der Waals surface area contributed by atoms with E-state index in [0.29, 0.717) is 33.5 Å². The van der Waals surface area contributed by atoms with Gasteiger partial charge in [0.1, 0.15) is 0 Å². The van der Waals surface area contributed by atoms with Crippen LogP contribution in [0.1, 0.15) is 5.56 Å². The Morgan fingerprint density at radius 3 is 2.42 bits per heavy atom. The van der Waals surface area contributed by atoms with Gasteiger partial charge in [0.2, 0.25) is 0 Å². The van der Waals surface area contributed by atoms with Crippen LogP contribution in [0, 0.1) is 0 Å². The van der Waals surface area contributed by atoms with Gasteiger partial charge in [-0.05, 0) is 42.3 Å². The number of hydrogen-bond donors (Lipinski definition) is 5. The van der Waals surface area contributed by atoms with Gasteiger partial charge in [-0.25, -0.2) is 4.79 Å². The fraction of sp³-hybridized carbons (Fsp3) is 0.235. The lowest BCUT2D eigenvalue weighted by Crippen LogP contribution is -2.20. The maximum atomic E-state index is 12.4. The lowest BCUT2D eigenvalue weighted by atomic mass is 10.1. The number of aliphatic hydroxyl groups excluding tert-OH is 2. The van der Waals surface area contributed by atoms with Crippen molar-refractivity contribution in [1.29, 1.82) is 0 Å². The van der Waals surface area contributed by atoms with E-state index in [0.717, 1.165) is 10.2 Å². The maximum absolute atomic E-state index is 12.4. The van der Waals surface area contributed by atoms with E-state index in [1.54, 1.807) is 24.3 Å². The van der Waals surface area contributed by atoms with E-state index in [1.807, 2.05) is 6.07 Å². The molecule has 0 bridgehead atoms. The van der Waals surface area contributed by atoms with Crippen LogP contribution in [0.2, 0.25) is 10.0 Å². The number of benzene rings is 2. The van der Waals surface area contributed by atoms with E-state index >= 15 is 0 Å². The molecule has 0 aliphatic carbocycles. The minimum Gasteiger partial charge on any atom is -0.396 e. The van der Waals surface area contributed by atoms with Gasteiger partial charge in [-0.2, -0.15) is 0 Å². The van der Waals surface area contributed by atoms with E-state index in [1.165, 1.54) is 0 Å².